The van der Waals surface area contributed by atoms with Gasteiger partial charge in [-0.25, -0.2) is 14.1 Å². The summed E-state index contributed by atoms with van der Waals surface area (Å²) in [5.41, 5.74) is 4.46. The number of carbonyl (C=O) groups excluding carboxylic acids is 3. The van der Waals surface area contributed by atoms with Crippen LogP contribution in [-0.2, 0) is 47.2 Å². The zero-order valence-corrected chi connectivity index (χ0v) is 30.1. The van der Waals surface area contributed by atoms with Crippen molar-refractivity contribution in [2.24, 2.45) is 11.8 Å². The topological polar surface area (TPSA) is 225 Å². The van der Waals surface area contributed by atoms with E-state index in [0.29, 0.717) is 18.5 Å². The molecule has 2 unspecified atom stereocenters. The van der Waals surface area contributed by atoms with Gasteiger partial charge in [0.2, 0.25) is 5.60 Å². The van der Waals surface area contributed by atoms with E-state index in [2.05, 4.69) is 15.2 Å². The third-order valence-electron chi connectivity index (χ3n) is 7.68. The Bertz CT molecular complexity index is 1760. The summed E-state index contributed by atoms with van der Waals surface area (Å²) in [6.45, 7) is 7.31. The van der Waals surface area contributed by atoms with E-state index in [1.165, 1.54) is 37.0 Å². The van der Waals surface area contributed by atoms with E-state index in [-0.39, 0.29) is 23.9 Å². The lowest BCUT2D eigenvalue weighted by Crippen LogP contribution is -2.50. The molecule has 0 saturated carbocycles. The molecule has 0 radical (unpaired) electrons. The van der Waals surface area contributed by atoms with Gasteiger partial charge in [-0.15, -0.1) is 0 Å². The molecule has 51 heavy (non-hydrogen) atoms. The van der Waals surface area contributed by atoms with Crippen LogP contribution < -0.4 is 15.3 Å². The largest absolute Gasteiger partial charge is 0.464 e. The van der Waals surface area contributed by atoms with Crippen molar-refractivity contribution in [3.8, 4) is 11.8 Å². The number of benzene rings is 1. The van der Waals surface area contributed by atoms with Gasteiger partial charge in [0.1, 0.15) is 42.4 Å². The molecule has 1 aliphatic heterocycles. The minimum absolute atomic E-state index is 0.0422. The molecule has 0 bridgehead atoms. The third-order valence-corrected chi connectivity index (χ3v) is 9.31. The summed E-state index contributed by atoms with van der Waals surface area (Å²) < 4.78 is 55.8. The van der Waals surface area contributed by atoms with E-state index in [1.54, 1.807) is 58.0 Å². The summed E-state index contributed by atoms with van der Waals surface area (Å²) in [7, 11) is -3.06. The number of methoxy groups -OCH3 is 1. The van der Waals surface area contributed by atoms with Gasteiger partial charge in [0.05, 0.1) is 24.1 Å². The highest BCUT2D eigenvalue weighted by Gasteiger charge is 2.62. The summed E-state index contributed by atoms with van der Waals surface area (Å²) in [5, 5.41) is 17.6. The molecule has 17 nitrogen and oxygen atoms in total. The standard InChI is InChI=1S/C33H43N6O11P/c1-20(2)30(40)47-27-26(24-13-14-25-29(35)36-19-37-39(24)25)49-33(17-34,28(27)48-31(41)21(3)4)18-46-51(43,50-23-11-8-7-9-12-23)38-22(5)32(42)45-16-10-15-44-6/h7-9,11-14,19-22,26-28H,10,15-16,18H2,1-6H3,(H,38,43)(H2,35,36,37)/t22?,26-,27-,28-,33+,51?/m0/s1. The zero-order valence-electron chi connectivity index (χ0n) is 29.2. The quantitative estimate of drug-likeness (QED) is 0.0876. The molecule has 0 aliphatic carbocycles. The van der Waals surface area contributed by atoms with Gasteiger partial charge < -0.3 is 33.9 Å². The first-order chi connectivity index (χ1) is 24.2. The van der Waals surface area contributed by atoms with Crippen molar-refractivity contribution < 1.29 is 51.7 Å². The van der Waals surface area contributed by atoms with Gasteiger partial charge in [0.15, 0.2) is 18.0 Å². The number of esters is 3. The summed E-state index contributed by atoms with van der Waals surface area (Å²) >= 11 is 0. The van der Waals surface area contributed by atoms with Crippen LogP contribution in [0.2, 0.25) is 0 Å². The number of carbonyl (C=O) groups is 3. The number of nitrogens with zero attached hydrogens (tertiary/aromatic N) is 4. The lowest BCUT2D eigenvalue weighted by molar-refractivity contribution is -0.173. The Morgan fingerprint density at radius 3 is 2.37 bits per heavy atom. The first kappa shape index (κ1) is 39.2. The second-order valence-electron chi connectivity index (χ2n) is 12.3. The number of nitrogens with two attached hydrogens (primary N) is 1. The molecule has 1 saturated heterocycles. The fraction of sp³-hybridized carbons (Fsp3) is 0.515. The van der Waals surface area contributed by atoms with Crippen LogP contribution in [0.15, 0.2) is 48.8 Å². The molecule has 6 atom stereocenters. The van der Waals surface area contributed by atoms with Gasteiger partial charge in [-0.2, -0.15) is 15.4 Å². The van der Waals surface area contributed by atoms with E-state index in [4.69, 9.17) is 38.5 Å². The minimum Gasteiger partial charge on any atom is -0.464 e. The Morgan fingerprint density at radius 2 is 1.73 bits per heavy atom. The monoisotopic (exact) mass is 730 g/mol. The molecular weight excluding hydrogens is 687 g/mol. The lowest BCUT2D eigenvalue weighted by Gasteiger charge is -2.31. The Kier molecular flexibility index (Phi) is 13.1. The van der Waals surface area contributed by atoms with Crippen LogP contribution in [0.1, 0.15) is 52.8 Å². The average molecular weight is 731 g/mol. The Hall–Kier alpha value is -4.59. The molecule has 1 aliphatic rings. The minimum atomic E-state index is -4.57. The number of nitrogen functional groups attached to an aromatic ring is 1. The van der Waals surface area contributed by atoms with E-state index >= 15 is 0 Å². The molecule has 2 aromatic heterocycles. The maximum absolute atomic E-state index is 14.4. The van der Waals surface area contributed by atoms with Crippen molar-refractivity contribution in [1.29, 1.82) is 5.26 Å². The SMILES string of the molecule is COCCCOC(=O)C(C)NP(=O)(OC[C@@]1(C#N)O[C@@H](c2ccc3c(N)ncnn23)[C@H](OC(=O)C(C)C)[C@@H]1OC(=O)C(C)C)Oc1ccccc1. The number of rotatable bonds is 17. The Morgan fingerprint density at radius 1 is 1.04 bits per heavy atom. The van der Waals surface area contributed by atoms with Gasteiger partial charge >= 0.3 is 25.7 Å². The molecular formula is C33H43N6O11P. The normalized spacial score (nSPS) is 21.9. The van der Waals surface area contributed by atoms with Crippen LogP contribution in [-0.4, -0.2) is 83.3 Å². The third kappa shape index (κ3) is 9.40. The van der Waals surface area contributed by atoms with Crippen LogP contribution in [0.25, 0.3) is 5.52 Å². The maximum Gasteiger partial charge on any atom is 0.459 e. The molecule has 3 aromatic rings. The van der Waals surface area contributed by atoms with Crippen molar-refractivity contribution in [2.45, 2.75) is 71.0 Å². The molecule has 0 spiro atoms. The number of hydrogen-bond donors (Lipinski definition) is 2. The Labute approximate surface area is 295 Å². The highest BCUT2D eigenvalue weighted by Crippen LogP contribution is 2.50. The number of fused-ring (bicyclic) bond motifs is 1. The maximum atomic E-state index is 14.4. The fourth-order valence-corrected chi connectivity index (χ4v) is 6.46. The number of anilines is 1. The van der Waals surface area contributed by atoms with Crippen molar-refractivity contribution in [2.75, 3.05) is 32.7 Å². The number of aromatic nitrogens is 3. The van der Waals surface area contributed by atoms with Gasteiger partial charge in [-0.3, -0.25) is 18.9 Å². The van der Waals surface area contributed by atoms with E-state index in [0.717, 1.165) is 0 Å². The fourth-order valence-electron chi connectivity index (χ4n) is 4.94. The summed E-state index contributed by atoms with van der Waals surface area (Å²) in [6, 6.07) is 12.0. The predicted octanol–water partition coefficient (Wildman–Crippen LogP) is 3.54. The molecule has 3 heterocycles. The van der Waals surface area contributed by atoms with Crippen molar-refractivity contribution in [3.05, 3.63) is 54.5 Å². The van der Waals surface area contributed by atoms with Gasteiger partial charge in [0, 0.05) is 20.1 Å². The van der Waals surface area contributed by atoms with Crippen LogP contribution in [0, 0.1) is 23.2 Å². The molecule has 0 amide bonds. The highest BCUT2D eigenvalue weighted by atomic mass is 31.2. The Balaban J connectivity index is 1.75. The molecule has 4 rings (SSSR count). The molecule has 1 aromatic carbocycles. The average Bonchev–Trinajstić information content (AvgIpc) is 3.66. The number of para-hydroxylation sites is 1. The van der Waals surface area contributed by atoms with E-state index < -0.39 is 74.1 Å². The second-order valence-corrected chi connectivity index (χ2v) is 14.0. The van der Waals surface area contributed by atoms with Crippen LogP contribution >= 0.6 is 7.75 Å². The number of ether oxygens (including phenoxy) is 5. The molecule has 18 heteroatoms. The predicted molar refractivity (Wildman–Crippen MR) is 180 cm³/mol. The second kappa shape index (κ2) is 17.1. The van der Waals surface area contributed by atoms with Crippen molar-refractivity contribution in [3.63, 3.8) is 0 Å². The molecule has 3 N–H and O–H groups in total. The summed E-state index contributed by atoms with van der Waals surface area (Å²) in [5.74, 6) is -3.23. The molecule has 1 fully saturated rings. The van der Waals surface area contributed by atoms with Crippen molar-refractivity contribution in [1.82, 2.24) is 19.7 Å². The van der Waals surface area contributed by atoms with E-state index in [9.17, 15) is 24.2 Å². The summed E-state index contributed by atoms with van der Waals surface area (Å²) in [6.07, 6.45) is -2.70. The number of nitriles is 1. The lowest BCUT2D eigenvalue weighted by atomic mass is 9.95. The van der Waals surface area contributed by atoms with Gasteiger partial charge in [-0.05, 0) is 31.2 Å². The zero-order chi connectivity index (χ0) is 37.3. The first-order valence-electron chi connectivity index (χ1n) is 16.2. The van der Waals surface area contributed by atoms with Gasteiger partial charge in [-0.1, -0.05) is 45.9 Å². The first-order valence-corrected chi connectivity index (χ1v) is 17.8. The molecule has 276 valence electrons. The van der Waals surface area contributed by atoms with Gasteiger partial charge in [0.25, 0.3) is 0 Å². The van der Waals surface area contributed by atoms with Crippen LogP contribution in [0.5, 0.6) is 5.75 Å². The summed E-state index contributed by atoms with van der Waals surface area (Å²) in [4.78, 5) is 43.0. The number of hydrogen-bond acceptors (Lipinski definition) is 15. The van der Waals surface area contributed by atoms with E-state index in [1.807, 2.05) is 6.07 Å². The van der Waals surface area contributed by atoms with Crippen molar-refractivity contribution >= 4 is 37.0 Å². The van der Waals surface area contributed by atoms with Crippen LogP contribution in [0.4, 0.5) is 5.82 Å². The number of nitrogens with one attached hydrogen (secondary N) is 1. The highest BCUT2D eigenvalue weighted by molar-refractivity contribution is 7.52. The smallest absolute Gasteiger partial charge is 0.459 e. The van der Waals surface area contributed by atoms with Crippen LogP contribution in [0.3, 0.4) is 0 Å².